The van der Waals surface area contributed by atoms with E-state index < -0.39 is 50.5 Å². The van der Waals surface area contributed by atoms with Gasteiger partial charge in [0.25, 0.3) is 5.79 Å². The van der Waals surface area contributed by atoms with Crippen LogP contribution in [0.25, 0.3) is 0 Å². The lowest BCUT2D eigenvalue weighted by Gasteiger charge is -2.41. The van der Waals surface area contributed by atoms with E-state index in [0.29, 0.717) is 0 Å². The van der Waals surface area contributed by atoms with Crippen LogP contribution in [0.3, 0.4) is 0 Å². The van der Waals surface area contributed by atoms with Gasteiger partial charge in [-0.2, -0.15) is 0 Å². The second kappa shape index (κ2) is 5.39. The zero-order chi connectivity index (χ0) is 19.1. The number of hydrogen-bond acceptors (Lipinski definition) is 7. The molecule has 1 spiro atoms. The summed E-state index contributed by atoms with van der Waals surface area (Å²) < 4.78 is 36.4. The topological polar surface area (TPSA) is 72.5 Å². The monoisotopic (exact) mass is 384 g/mol. The maximum atomic E-state index is 11.8. The quantitative estimate of drug-likeness (QED) is 0.535. The molecule has 0 saturated carbocycles. The first-order valence-electron chi connectivity index (χ1n) is 9.13. The summed E-state index contributed by atoms with van der Waals surface area (Å²) in [7, 11) is -2.18. The third-order valence-electron chi connectivity index (χ3n) is 5.98. The molecule has 0 aromatic rings. The Balaban J connectivity index is 1.65. The predicted molar refractivity (Wildman–Crippen MR) is 93.6 cm³/mol. The van der Waals surface area contributed by atoms with Crippen LogP contribution in [0.15, 0.2) is 12.2 Å². The van der Waals surface area contributed by atoms with Gasteiger partial charge in [0.2, 0.25) is 0 Å². The summed E-state index contributed by atoms with van der Waals surface area (Å²) in [6.07, 6.45) is 0.729. The lowest BCUT2D eigenvalue weighted by Crippen LogP contribution is -2.54. The van der Waals surface area contributed by atoms with Crippen molar-refractivity contribution < 1.29 is 32.9 Å². The summed E-state index contributed by atoms with van der Waals surface area (Å²) in [5.41, 5.74) is 0. The highest BCUT2D eigenvalue weighted by Crippen LogP contribution is 2.51. The number of rotatable bonds is 2. The minimum Gasteiger partial charge on any atom is -0.423 e. The average Bonchev–Trinajstić information content (AvgIpc) is 3.14. The van der Waals surface area contributed by atoms with Gasteiger partial charge < -0.3 is 28.1 Å². The Morgan fingerprint density at radius 2 is 1.77 bits per heavy atom. The zero-order valence-electron chi connectivity index (χ0n) is 16.4. The molecule has 1 unspecified atom stereocenters. The predicted octanol–water partition coefficient (Wildman–Crippen LogP) is 2.46. The highest BCUT2D eigenvalue weighted by atomic mass is 28.4. The number of hydrogen-bond donors (Lipinski definition) is 0. The normalized spacial score (nSPS) is 43.8. The van der Waals surface area contributed by atoms with E-state index in [-0.39, 0.29) is 11.1 Å². The van der Waals surface area contributed by atoms with Gasteiger partial charge in [0.05, 0.1) is 0 Å². The molecule has 6 atom stereocenters. The molecule has 146 valence electrons. The number of carbonyl (C=O) groups excluding carboxylic acids is 1. The summed E-state index contributed by atoms with van der Waals surface area (Å²) in [6.45, 7) is 14.5. The minimum atomic E-state index is -2.18. The standard InChI is InChI=1S/C18H28O7Si/c1-16(2,3)26(6,7)25-14-12-11(23-18(14)9-8-10(19)21-18)13-15(20-12)24-17(4,5)22-13/h8-9,11-15H,1-7H3/t11-,12-,13+,14-,15+,18?/m0/s1. The van der Waals surface area contributed by atoms with E-state index in [2.05, 4.69) is 33.9 Å². The molecule has 0 aromatic heterocycles. The molecular weight excluding hydrogens is 356 g/mol. The van der Waals surface area contributed by atoms with Crippen LogP contribution in [0.2, 0.25) is 18.1 Å². The molecule has 4 rings (SSSR count). The van der Waals surface area contributed by atoms with E-state index in [1.165, 1.54) is 6.08 Å². The van der Waals surface area contributed by atoms with E-state index in [9.17, 15) is 4.79 Å². The molecule has 0 amide bonds. The van der Waals surface area contributed by atoms with Crippen LogP contribution in [-0.2, 0) is 32.9 Å². The molecule has 3 saturated heterocycles. The van der Waals surface area contributed by atoms with Crippen LogP contribution in [0.5, 0.6) is 0 Å². The molecule has 0 aliphatic carbocycles. The third-order valence-corrected chi connectivity index (χ3v) is 10.4. The SMILES string of the molecule is CC1(C)O[C@H]2O[C@H]3[C@H](OC4(C=CC(=O)O4)[C@H]3O[Si](C)(C)C(C)(C)C)[C@H]2O1. The minimum absolute atomic E-state index is 0.0118. The number of fused-ring (bicyclic) bond motifs is 3. The van der Waals surface area contributed by atoms with E-state index in [1.807, 2.05) is 13.8 Å². The van der Waals surface area contributed by atoms with Crippen molar-refractivity contribution in [3.8, 4) is 0 Å². The van der Waals surface area contributed by atoms with Gasteiger partial charge in [-0.25, -0.2) is 4.79 Å². The van der Waals surface area contributed by atoms with Crippen LogP contribution in [0.1, 0.15) is 34.6 Å². The molecule has 4 aliphatic heterocycles. The summed E-state index contributed by atoms with van der Waals surface area (Å²) in [5.74, 6) is -2.44. The van der Waals surface area contributed by atoms with Crippen molar-refractivity contribution in [1.82, 2.24) is 0 Å². The van der Waals surface area contributed by atoms with Crippen molar-refractivity contribution >= 4 is 14.3 Å². The van der Waals surface area contributed by atoms with Gasteiger partial charge in [-0.3, -0.25) is 0 Å². The molecule has 26 heavy (non-hydrogen) atoms. The Kier molecular flexibility index (Phi) is 3.86. The first kappa shape index (κ1) is 18.6. The van der Waals surface area contributed by atoms with Crippen molar-refractivity contribution in [3.63, 3.8) is 0 Å². The summed E-state index contributed by atoms with van der Waals surface area (Å²) in [5, 5.41) is -0.0118. The van der Waals surface area contributed by atoms with E-state index >= 15 is 0 Å². The van der Waals surface area contributed by atoms with Gasteiger partial charge in [0, 0.05) is 6.08 Å². The highest BCUT2D eigenvalue weighted by Gasteiger charge is 2.70. The molecule has 8 heteroatoms. The van der Waals surface area contributed by atoms with Crippen molar-refractivity contribution in [3.05, 3.63) is 12.2 Å². The Morgan fingerprint density at radius 3 is 2.35 bits per heavy atom. The van der Waals surface area contributed by atoms with Crippen molar-refractivity contribution in [2.45, 2.75) is 95.0 Å². The summed E-state index contributed by atoms with van der Waals surface area (Å²) in [4.78, 5) is 11.8. The maximum absolute atomic E-state index is 11.8. The lowest BCUT2D eigenvalue weighted by atomic mass is 10.0. The molecule has 4 aliphatic rings. The zero-order valence-corrected chi connectivity index (χ0v) is 17.4. The van der Waals surface area contributed by atoms with Crippen LogP contribution < -0.4 is 0 Å². The number of ether oxygens (including phenoxy) is 5. The van der Waals surface area contributed by atoms with Crippen LogP contribution in [-0.4, -0.2) is 56.6 Å². The van der Waals surface area contributed by atoms with Gasteiger partial charge in [0.1, 0.15) is 24.4 Å². The number of carbonyl (C=O) groups is 1. The number of esters is 1. The van der Waals surface area contributed by atoms with E-state index in [0.717, 1.165) is 0 Å². The van der Waals surface area contributed by atoms with Gasteiger partial charge >= 0.3 is 5.97 Å². The Hall–Kier alpha value is -0.773. The molecular formula is C18H28O7Si. The van der Waals surface area contributed by atoms with Crippen LogP contribution in [0.4, 0.5) is 0 Å². The lowest BCUT2D eigenvalue weighted by molar-refractivity contribution is -0.225. The van der Waals surface area contributed by atoms with E-state index in [1.54, 1.807) is 6.08 Å². The van der Waals surface area contributed by atoms with Gasteiger partial charge in [-0.05, 0) is 38.1 Å². The second-order valence-corrected chi connectivity index (χ2v) is 14.2. The van der Waals surface area contributed by atoms with Gasteiger partial charge in [-0.15, -0.1) is 0 Å². The molecule has 7 nitrogen and oxygen atoms in total. The van der Waals surface area contributed by atoms with Crippen LogP contribution in [0, 0.1) is 0 Å². The van der Waals surface area contributed by atoms with E-state index in [4.69, 9.17) is 28.1 Å². The molecule has 3 fully saturated rings. The molecule has 0 radical (unpaired) electrons. The average molecular weight is 385 g/mol. The summed E-state index contributed by atoms with van der Waals surface area (Å²) >= 11 is 0. The van der Waals surface area contributed by atoms with Gasteiger partial charge in [-0.1, -0.05) is 20.8 Å². The highest BCUT2D eigenvalue weighted by molar-refractivity contribution is 6.74. The van der Waals surface area contributed by atoms with Crippen LogP contribution >= 0.6 is 0 Å². The Labute approximate surface area is 155 Å². The molecule has 0 bridgehead atoms. The molecule has 0 N–H and O–H groups in total. The maximum Gasteiger partial charge on any atom is 0.333 e. The largest absolute Gasteiger partial charge is 0.423 e. The molecule has 0 aromatic carbocycles. The van der Waals surface area contributed by atoms with Crippen molar-refractivity contribution in [2.75, 3.05) is 0 Å². The third kappa shape index (κ3) is 2.70. The first-order valence-corrected chi connectivity index (χ1v) is 12.0. The Bertz CT molecular complexity index is 652. The smallest absolute Gasteiger partial charge is 0.333 e. The molecule has 4 heterocycles. The first-order chi connectivity index (χ1) is 11.8. The fourth-order valence-corrected chi connectivity index (χ4v) is 4.95. The van der Waals surface area contributed by atoms with Crippen molar-refractivity contribution in [1.29, 1.82) is 0 Å². The van der Waals surface area contributed by atoms with Crippen molar-refractivity contribution in [2.24, 2.45) is 0 Å². The fourth-order valence-electron chi connectivity index (χ4n) is 3.66. The fraction of sp³-hybridized carbons (Fsp3) is 0.833. The van der Waals surface area contributed by atoms with Gasteiger partial charge in [0.15, 0.2) is 20.4 Å². The summed E-state index contributed by atoms with van der Waals surface area (Å²) in [6, 6.07) is 0. The second-order valence-electron chi connectivity index (χ2n) is 9.43. The Morgan fingerprint density at radius 1 is 1.08 bits per heavy atom.